The molecular weight excluding hydrogens is 206 g/mol. The molecule has 1 fully saturated rings. The molecule has 0 bridgehead atoms. The van der Waals surface area contributed by atoms with Crippen LogP contribution in [0.15, 0.2) is 0 Å². The van der Waals surface area contributed by atoms with E-state index >= 15 is 0 Å². The van der Waals surface area contributed by atoms with Crippen LogP contribution in [0.25, 0.3) is 0 Å². The number of hydrogen-bond acceptors (Lipinski definition) is 4. The highest BCUT2D eigenvalue weighted by Crippen LogP contribution is 2.19. The molecule has 1 N–H and O–H groups in total. The maximum Gasteiger partial charge on any atom is 0.326 e. The van der Waals surface area contributed by atoms with Gasteiger partial charge in [0.2, 0.25) is 0 Å². The van der Waals surface area contributed by atoms with Crippen LogP contribution in [-0.4, -0.2) is 37.9 Å². The summed E-state index contributed by atoms with van der Waals surface area (Å²) in [6.45, 7) is 5.58. The number of carbonyl (C=O) groups excluding carboxylic acids is 1. The van der Waals surface area contributed by atoms with E-state index in [0.717, 1.165) is 38.8 Å². The maximum absolute atomic E-state index is 11.8. The number of methoxy groups -OCH3 is 1. The van der Waals surface area contributed by atoms with Crippen molar-refractivity contribution in [3.63, 3.8) is 0 Å². The second kappa shape index (κ2) is 6.21. The molecule has 1 saturated heterocycles. The van der Waals surface area contributed by atoms with E-state index in [1.54, 1.807) is 0 Å². The minimum atomic E-state index is -0.541. The van der Waals surface area contributed by atoms with Crippen molar-refractivity contribution in [2.45, 2.75) is 51.2 Å². The summed E-state index contributed by atoms with van der Waals surface area (Å²) in [7, 11) is 1.44. The lowest BCUT2D eigenvalue weighted by Gasteiger charge is -2.31. The molecule has 4 nitrogen and oxygen atoms in total. The number of nitrogens with one attached hydrogen (secondary N) is 1. The first kappa shape index (κ1) is 13.5. The van der Waals surface area contributed by atoms with Gasteiger partial charge in [0.1, 0.15) is 5.54 Å². The average molecular weight is 229 g/mol. The summed E-state index contributed by atoms with van der Waals surface area (Å²) in [6.07, 6.45) is 3.93. The normalized spacial score (nSPS) is 21.1. The lowest BCUT2D eigenvalue weighted by Crippen LogP contribution is -2.53. The second-order valence-corrected chi connectivity index (χ2v) is 4.30. The van der Waals surface area contributed by atoms with Crippen molar-refractivity contribution in [1.29, 1.82) is 0 Å². The molecule has 4 heteroatoms. The topological polar surface area (TPSA) is 47.6 Å². The van der Waals surface area contributed by atoms with Gasteiger partial charge in [-0.25, -0.2) is 0 Å². The van der Waals surface area contributed by atoms with E-state index in [1.807, 2.05) is 13.8 Å². The number of rotatable bonds is 6. The molecule has 0 spiro atoms. The molecule has 0 aromatic rings. The van der Waals surface area contributed by atoms with Gasteiger partial charge >= 0.3 is 5.97 Å². The molecule has 1 heterocycles. The van der Waals surface area contributed by atoms with Crippen LogP contribution >= 0.6 is 0 Å². The molecular formula is C12H23NO3. The van der Waals surface area contributed by atoms with E-state index < -0.39 is 5.54 Å². The monoisotopic (exact) mass is 229 g/mol. The SMILES string of the molecule is CCC(CC)(NCC1CCCO1)C(=O)OC. The minimum absolute atomic E-state index is 0.171. The van der Waals surface area contributed by atoms with Crippen LogP contribution in [0.3, 0.4) is 0 Å². The van der Waals surface area contributed by atoms with Crippen LogP contribution in [0, 0.1) is 0 Å². The van der Waals surface area contributed by atoms with Crippen LogP contribution in [-0.2, 0) is 14.3 Å². The largest absolute Gasteiger partial charge is 0.468 e. The first-order valence-corrected chi connectivity index (χ1v) is 6.13. The number of carbonyl (C=O) groups is 1. The molecule has 0 aromatic heterocycles. The van der Waals surface area contributed by atoms with Crippen LogP contribution in [0.5, 0.6) is 0 Å². The summed E-state index contributed by atoms with van der Waals surface area (Å²) in [4.78, 5) is 11.8. The van der Waals surface area contributed by atoms with Crippen molar-refractivity contribution in [2.75, 3.05) is 20.3 Å². The Kier molecular flexibility index (Phi) is 5.22. The lowest BCUT2D eigenvalue weighted by molar-refractivity contribution is -0.149. The van der Waals surface area contributed by atoms with Gasteiger partial charge in [0.15, 0.2) is 0 Å². The van der Waals surface area contributed by atoms with Gasteiger partial charge in [-0.15, -0.1) is 0 Å². The summed E-state index contributed by atoms with van der Waals surface area (Å²) >= 11 is 0. The van der Waals surface area contributed by atoms with Gasteiger partial charge in [-0.05, 0) is 25.7 Å². The summed E-state index contributed by atoms with van der Waals surface area (Å²) in [6, 6.07) is 0. The molecule has 1 aliphatic heterocycles. The molecule has 1 aliphatic rings. The summed E-state index contributed by atoms with van der Waals surface area (Å²) in [5.41, 5.74) is -0.541. The van der Waals surface area contributed by atoms with E-state index in [1.165, 1.54) is 7.11 Å². The second-order valence-electron chi connectivity index (χ2n) is 4.30. The molecule has 0 aliphatic carbocycles. The maximum atomic E-state index is 11.8. The average Bonchev–Trinajstić information content (AvgIpc) is 2.83. The zero-order valence-electron chi connectivity index (χ0n) is 10.5. The Labute approximate surface area is 97.7 Å². The van der Waals surface area contributed by atoms with Crippen LogP contribution in [0.2, 0.25) is 0 Å². The smallest absolute Gasteiger partial charge is 0.326 e. The summed E-state index contributed by atoms with van der Waals surface area (Å²) in [5, 5.41) is 3.33. The fourth-order valence-corrected chi connectivity index (χ4v) is 2.17. The molecule has 0 radical (unpaired) electrons. The molecule has 0 aromatic carbocycles. The zero-order chi connectivity index (χ0) is 12.0. The fourth-order valence-electron chi connectivity index (χ4n) is 2.17. The standard InChI is InChI=1S/C12H23NO3/c1-4-12(5-2,11(14)15-3)13-9-10-7-6-8-16-10/h10,13H,4-9H2,1-3H3. The minimum Gasteiger partial charge on any atom is -0.468 e. The van der Waals surface area contributed by atoms with E-state index in [9.17, 15) is 4.79 Å². The van der Waals surface area contributed by atoms with Crippen molar-refractivity contribution in [1.82, 2.24) is 5.32 Å². The Morgan fingerprint density at radius 1 is 1.50 bits per heavy atom. The highest BCUT2D eigenvalue weighted by molar-refractivity contribution is 5.80. The molecule has 94 valence electrons. The molecule has 1 atom stereocenters. The third-order valence-electron chi connectivity index (χ3n) is 3.48. The Balaban J connectivity index is 2.52. The highest BCUT2D eigenvalue weighted by Gasteiger charge is 2.36. The molecule has 16 heavy (non-hydrogen) atoms. The number of esters is 1. The third-order valence-corrected chi connectivity index (χ3v) is 3.48. The lowest BCUT2D eigenvalue weighted by atomic mass is 9.92. The Hall–Kier alpha value is -0.610. The first-order valence-electron chi connectivity index (χ1n) is 6.13. The van der Waals surface area contributed by atoms with E-state index in [-0.39, 0.29) is 12.1 Å². The first-order chi connectivity index (χ1) is 7.68. The van der Waals surface area contributed by atoms with Crippen molar-refractivity contribution < 1.29 is 14.3 Å². The summed E-state index contributed by atoms with van der Waals surface area (Å²) < 4.78 is 10.4. The van der Waals surface area contributed by atoms with Crippen molar-refractivity contribution in [3.05, 3.63) is 0 Å². The Morgan fingerprint density at radius 3 is 2.62 bits per heavy atom. The molecule has 0 amide bonds. The molecule has 0 saturated carbocycles. The van der Waals surface area contributed by atoms with E-state index in [0.29, 0.717) is 0 Å². The van der Waals surface area contributed by atoms with Crippen molar-refractivity contribution in [3.8, 4) is 0 Å². The predicted octanol–water partition coefficient (Wildman–Crippen LogP) is 1.49. The predicted molar refractivity (Wildman–Crippen MR) is 62.3 cm³/mol. The zero-order valence-corrected chi connectivity index (χ0v) is 10.5. The van der Waals surface area contributed by atoms with Gasteiger partial charge in [0, 0.05) is 13.2 Å². The summed E-state index contributed by atoms with van der Waals surface area (Å²) in [5.74, 6) is -0.171. The molecule has 1 rings (SSSR count). The van der Waals surface area contributed by atoms with E-state index in [4.69, 9.17) is 9.47 Å². The quantitative estimate of drug-likeness (QED) is 0.701. The van der Waals surface area contributed by atoms with Gasteiger partial charge in [-0.1, -0.05) is 13.8 Å². The third kappa shape index (κ3) is 2.95. The Bertz CT molecular complexity index is 220. The number of hydrogen-bond donors (Lipinski definition) is 1. The van der Waals surface area contributed by atoms with Crippen molar-refractivity contribution in [2.24, 2.45) is 0 Å². The molecule has 1 unspecified atom stereocenters. The van der Waals surface area contributed by atoms with Gasteiger partial charge in [0.05, 0.1) is 13.2 Å². The fraction of sp³-hybridized carbons (Fsp3) is 0.917. The van der Waals surface area contributed by atoms with Gasteiger partial charge in [0.25, 0.3) is 0 Å². The van der Waals surface area contributed by atoms with Crippen LogP contribution in [0.1, 0.15) is 39.5 Å². The van der Waals surface area contributed by atoms with Gasteiger partial charge in [-0.3, -0.25) is 10.1 Å². The van der Waals surface area contributed by atoms with E-state index in [2.05, 4.69) is 5.32 Å². The Morgan fingerprint density at radius 2 is 2.19 bits per heavy atom. The van der Waals surface area contributed by atoms with Gasteiger partial charge in [-0.2, -0.15) is 0 Å². The number of ether oxygens (including phenoxy) is 2. The highest BCUT2D eigenvalue weighted by atomic mass is 16.5. The van der Waals surface area contributed by atoms with Gasteiger partial charge < -0.3 is 9.47 Å². The van der Waals surface area contributed by atoms with Crippen LogP contribution in [0.4, 0.5) is 0 Å². The van der Waals surface area contributed by atoms with Crippen LogP contribution < -0.4 is 5.32 Å². The van der Waals surface area contributed by atoms with Crippen molar-refractivity contribution >= 4 is 5.97 Å².